The van der Waals surface area contributed by atoms with Gasteiger partial charge in [-0.3, -0.25) is 5.10 Å². The average Bonchev–Trinajstić information content (AvgIpc) is 2.98. The molecule has 18 heavy (non-hydrogen) atoms. The molecule has 0 amide bonds. The van der Waals surface area contributed by atoms with Crippen LogP contribution in [-0.2, 0) is 0 Å². The summed E-state index contributed by atoms with van der Waals surface area (Å²) in [5.74, 6) is 3.38. The predicted molar refractivity (Wildman–Crippen MR) is 71.6 cm³/mol. The summed E-state index contributed by atoms with van der Waals surface area (Å²) < 4.78 is 0. The Morgan fingerprint density at radius 2 is 2.00 bits per heavy atom. The van der Waals surface area contributed by atoms with Gasteiger partial charge in [0.2, 0.25) is 5.95 Å². The molecule has 1 saturated heterocycles. The van der Waals surface area contributed by atoms with Crippen LogP contribution in [0, 0.1) is 5.92 Å². The molecule has 2 aliphatic rings. The van der Waals surface area contributed by atoms with Crippen molar-refractivity contribution in [2.75, 3.05) is 18.0 Å². The maximum Gasteiger partial charge on any atom is 0.244 e. The molecule has 0 spiro atoms. The van der Waals surface area contributed by atoms with Gasteiger partial charge in [-0.25, -0.2) is 0 Å². The molecule has 1 unspecified atom stereocenters. The van der Waals surface area contributed by atoms with Crippen LogP contribution in [0.3, 0.4) is 0 Å². The Morgan fingerprint density at radius 3 is 2.67 bits per heavy atom. The molecule has 0 aromatic carbocycles. The Balaban J connectivity index is 1.66. The van der Waals surface area contributed by atoms with Gasteiger partial charge >= 0.3 is 0 Å². The lowest BCUT2D eigenvalue weighted by atomic mass is 9.83. The van der Waals surface area contributed by atoms with E-state index in [-0.39, 0.29) is 6.04 Å². The molecule has 1 aromatic rings. The van der Waals surface area contributed by atoms with Gasteiger partial charge in [0.25, 0.3) is 0 Å². The highest BCUT2D eigenvalue weighted by Gasteiger charge is 2.26. The molecule has 3 rings (SSSR count). The van der Waals surface area contributed by atoms with Crippen molar-refractivity contribution in [1.82, 2.24) is 15.2 Å². The van der Waals surface area contributed by atoms with E-state index in [1.807, 2.05) is 0 Å². The van der Waals surface area contributed by atoms with E-state index in [9.17, 15) is 0 Å². The second-order valence-corrected chi connectivity index (χ2v) is 5.97. The number of aromatic nitrogens is 3. The lowest BCUT2D eigenvalue weighted by molar-refractivity contribution is 0.340. The van der Waals surface area contributed by atoms with Crippen molar-refractivity contribution < 1.29 is 0 Å². The summed E-state index contributed by atoms with van der Waals surface area (Å²) in [5, 5.41) is 7.50. The van der Waals surface area contributed by atoms with Gasteiger partial charge in [0.1, 0.15) is 5.82 Å². The molecule has 3 N–H and O–H groups in total. The standard InChI is InChI=1S/C13H23N5/c1-9-2-4-10(5-3-9)12-15-13(17-16-12)18-7-6-11(14)8-18/h9-11H,2-8,14H2,1H3,(H,15,16,17). The van der Waals surface area contributed by atoms with Crippen LogP contribution in [0.2, 0.25) is 0 Å². The minimum absolute atomic E-state index is 0.280. The molecule has 2 heterocycles. The Hall–Kier alpha value is -1.10. The highest BCUT2D eigenvalue weighted by molar-refractivity contribution is 5.31. The average molecular weight is 249 g/mol. The molecule has 0 bridgehead atoms. The molecule has 1 saturated carbocycles. The van der Waals surface area contributed by atoms with E-state index in [1.54, 1.807) is 0 Å². The molecule has 5 nitrogen and oxygen atoms in total. The number of nitrogens with one attached hydrogen (secondary N) is 1. The third-order valence-electron chi connectivity index (χ3n) is 4.40. The van der Waals surface area contributed by atoms with E-state index in [4.69, 9.17) is 5.73 Å². The quantitative estimate of drug-likeness (QED) is 0.836. The summed E-state index contributed by atoms with van der Waals surface area (Å²) in [6, 6.07) is 0.280. The maximum absolute atomic E-state index is 5.92. The Morgan fingerprint density at radius 1 is 1.22 bits per heavy atom. The van der Waals surface area contributed by atoms with Gasteiger partial charge in [0.05, 0.1) is 0 Å². The highest BCUT2D eigenvalue weighted by atomic mass is 15.4. The van der Waals surface area contributed by atoms with Gasteiger partial charge < -0.3 is 10.6 Å². The smallest absolute Gasteiger partial charge is 0.244 e. The molecule has 1 aliphatic heterocycles. The van der Waals surface area contributed by atoms with Crippen molar-refractivity contribution in [3.8, 4) is 0 Å². The van der Waals surface area contributed by atoms with E-state index in [1.165, 1.54) is 25.7 Å². The number of aromatic amines is 1. The first-order valence-electron chi connectivity index (χ1n) is 7.15. The first-order valence-corrected chi connectivity index (χ1v) is 7.15. The summed E-state index contributed by atoms with van der Waals surface area (Å²) >= 11 is 0. The molecule has 1 aliphatic carbocycles. The van der Waals surface area contributed by atoms with Crippen LogP contribution in [-0.4, -0.2) is 34.3 Å². The van der Waals surface area contributed by atoms with Crippen molar-refractivity contribution in [2.45, 2.75) is 51.0 Å². The van der Waals surface area contributed by atoms with Crippen molar-refractivity contribution in [2.24, 2.45) is 11.7 Å². The monoisotopic (exact) mass is 249 g/mol. The second-order valence-electron chi connectivity index (χ2n) is 5.97. The van der Waals surface area contributed by atoms with Crippen molar-refractivity contribution in [3.05, 3.63) is 5.82 Å². The minimum Gasteiger partial charge on any atom is -0.338 e. The number of hydrogen-bond donors (Lipinski definition) is 2. The zero-order valence-corrected chi connectivity index (χ0v) is 11.1. The van der Waals surface area contributed by atoms with Gasteiger partial charge in [0, 0.05) is 25.0 Å². The largest absolute Gasteiger partial charge is 0.338 e. The van der Waals surface area contributed by atoms with Gasteiger partial charge in [0.15, 0.2) is 0 Å². The van der Waals surface area contributed by atoms with Crippen LogP contribution in [0.1, 0.15) is 50.8 Å². The molecule has 2 fully saturated rings. The fourth-order valence-electron chi connectivity index (χ4n) is 3.09. The van der Waals surface area contributed by atoms with Crippen molar-refractivity contribution in [1.29, 1.82) is 0 Å². The fraction of sp³-hybridized carbons (Fsp3) is 0.846. The summed E-state index contributed by atoms with van der Waals surface area (Å²) in [7, 11) is 0. The van der Waals surface area contributed by atoms with Crippen molar-refractivity contribution >= 4 is 5.95 Å². The number of nitrogens with zero attached hydrogens (tertiary/aromatic N) is 3. The van der Waals surface area contributed by atoms with Crippen molar-refractivity contribution in [3.63, 3.8) is 0 Å². The van der Waals surface area contributed by atoms with Crippen LogP contribution < -0.4 is 10.6 Å². The molecular weight excluding hydrogens is 226 g/mol. The van der Waals surface area contributed by atoms with E-state index in [2.05, 4.69) is 27.0 Å². The van der Waals surface area contributed by atoms with Crippen LogP contribution in [0.4, 0.5) is 5.95 Å². The zero-order chi connectivity index (χ0) is 12.5. The Kier molecular flexibility index (Phi) is 3.24. The van der Waals surface area contributed by atoms with E-state index in [0.29, 0.717) is 5.92 Å². The van der Waals surface area contributed by atoms with Crippen LogP contribution in [0.15, 0.2) is 0 Å². The first kappa shape index (κ1) is 12.0. The summed E-state index contributed by atoms with van der Waals surface area (Å²) in [6.07, 6.45) is 6.17. The van der Waals surface area contributed by atoms with Gasteiger partial charge in [-0.2, -0.15) is 4.98 Å². The molecular formula is C13H23N5. The summed E-state index contributed by atoms with van der Waals surface area (Å²) in [5.41, 5.74) is 5.92. The Bertz CT molecular complexity index is 394. The highest BCUT2D eigenvalue weighted by Crippen LogP contribution is 2.34. The van der Waals surface area contributed by atoms with Gasteiger partial charge in [-0.05, 0) is 25.2 Å². The molecule has 100 valence electrons. The topological polar surface area (TPSA) is 70.8 Å². The maximum atomic E-state index is 5.92. The predicted octanol–water partition coefficient (Wildman–Crippen LogP) is 1.64. The number of H-pyrrole nitrogens is 1. The lowest BCUT2D eigenvalue weighted by Crippen LogP contribution is -2.27. The van der Waals surface area contributed by atoms with E-state index in [0.717, 1.165) is 37.2 Å². The first-order chi connectivity index (χ1) is 8.72. The van der Waals surface area contributed by atoms with Gasteiger partial charge in [-0.15, -0.1) is 5.10 Å². The Labute approximate surface area is 108 Å². The molecule has 1 aromatic heterocycles. The minimum atomic E-state index is 0.280. The SMILES string of the molecule is CC1CCC(c2nc(N3CCC(N)C3)n[nH]2)CC1. The number of anilines is 1. The van der Waals surface area contributed by atoms with E-state index >= 15 is 0 Å². The third-order valence-corrected chi connectivity index (χ3v) is 4.40. The van der Waals surface area contributed by atoms with Crippen LogP contribution >= 0.6 is 0 Å². The number of hydrogen-bond acceptors (Lipinski definition) is 4. The third kappa shape index (κ3) is 2.36. The van der Waals surface area contributed by atoms with E-state index < -0.39 is 0 Å². The zero-order valence-electron chi connectivity index (χ0n) is 11.1. The lowest BCUT2D eigenvalue weighted by Gasteiger charge is -2.24. The number of rotatable bonds is 2. The molecule has 1 atom stereocenters. The summed E-state index contributed by atoms with van der Waals surface area (Å²) in [6.45, 7) is 4.22. The second kappa shape index (κ2) is 4.88. The van der Waals surface area contributed by atoms with Crippen LogP contribution in [0.25, 0.3) is 0 Å². The molecule has 5 heteroatoms. The number of nitrogens with two attached hydrogens (primary N) is 1. The fourth-order valence-corrected chi connectivity index (χ4v) is 3.09. The summed E-state index contributed by atoms with van der Waals surface area (Å²) in [4.78, 5) is 6.87. The van der Waals surface area contributed by atoms with Gasteiger partial charge in [-0.1, -0.05) is 19.8 Å². The molecule has 0 radical (unpaired) electrons. The normalized spacial score (nSPS) is 33.0. The van der Waals surface area contributed by atoms with Crippen LogP contribution in [0.5, 0.6) is 0 Å².